The Morgan fingerprint density at radius 1 is 0.943 bits per heavy atom. The molecule has 0 saturated carbocycles. The number of methoxy groups -OCH3 is 3. The van der Waals surface area contributed by atoms with E-state index in [0.717, 1.165) is 53.8 Å². The summed E-state index contributed by atoms with van der Waals surface area (Å²) in [6, 6.07) is 13.6. The predicted octanol–water partition coefficient (Wildman–Crippen LogP) is 4.31. The third-order valence-electron chi connectivity index (χ3n) is 6.60. The van der Waals surface area contributed by atoms with Crippen LogP contribution in [0.15, 0.2) is 47.3 Å². The summed E-state index contributed by atoms with van der Waals surface area (Å²) in [6.07, 6.45) is 3.69. The van der Waals surface area contributed by atoms with Gasteiger partial charge in [0.15, 0.2) is 0 Å². The summed E-state index contributed by atoms with van der Waals surface area (Å²) >= 11 is 0. The van der Waals surface area contributed by atoms with Crippen molar-refractivity contribution in [2.45, 2.75) is 32.2 Å². The number of hydrogen-bond acceptors (Lipinski definition) is 6. The maximum Gasteiger partial charge on any atom is 0.343 e. The van der Waals surface area contributed by atoms with Gasteiger partial charge in [-0.3, -0.25) is 4.79 Å². The van der Waals surface area contributed by atoms with Crippen LogP contribution in [0.1, 0.15) is 39.9 Å². The minimum atomic E-state index is -0.626. The second-order valence-corrected chi connectivity index (χ2v) is 8.94. The molecule has 0 atom stereocenters. The maximum atomic E-state index is 13.7. The first-order valence-corrected chi connectivity index (χ1v) is 11.7. The number of aryl methyl sites for hydroxylation is 2. The van der Waals surface area contributed by atoms with Crippen LogP contribution in [0.3, 0.4) is 0 Å². The number of esters is 1. The van der Waals surface area contributed by atoms with Gasteiger partial charge in [0.1, 0.15) is 17.1 Å². The quantitative estimate of drug-likeness (QED) is 0.494. The largest absolute Gasteiger partial charge is 0.497 e. The molecule has 2 aromatic carbocycles. The Morgan fingerprint density at radius 3 is 2.34 bits per heavy atom. The first-order chi connectivity index (χ1) is 16.9. The van der Waals surface area contributed by atoms with Crippen molar-refractivity contribution in [3.63, 3.8) is 0 Å². The minimum absolute atomic E-state index is 0.0470. The van der Waals surface area contributed by atoms with Gasteiger partial charge in [0.2, 0.25) is 0 Å². The number of carbonyl (C=O) groups excluding carboxylic acids is 1. The van der Waals surface area contributed by atoms with Crippen molar-refractivity contribution in [2.24, 2.45) is 0 Å². The third-order valence-corrected chi connectivity index (χ3v) is 6.60. The molecule has 0 N–H and O–H groups in total. The average molecular weight is 477 g/mol. The lowest BCUT2D eigenvalue weighted by Crippen LogP contribution is -2.30. The lowest BCUT2D eigenvalue weighted by Gasteiger charge is -2.25. The fraction of sp³-hybridized carbons (Fsp3) is 0.357. The van der Waals surface area contributed by atoms with Gasteiger partial charge < -0.3 is 23.7 Å². The van der Waals surface area contributed by atoms with E-state index in [-0.39, 0.29) is 17.7 Å². The van der Waals surface area contributed by atoms with E-state index in [1.165, 1.54) is 12.7 Å². The molecule has 1 heterocycles. The molecule has 7 heteroatoms. The van der Waals surface area contributed by atoms with Crippen molar-refractivity contribution >= 4 is 11.7 Å². The Labute approximate surface area is 205 Å². The van der Waals surface area contributed by atoms with E-state index in [1.54, 1.807) is 30.9 Å². The van der Waals surface area contributed by atoms with Gasteiger partial charge in [0, 0.05) is 37.0 Å². The van der Waals surface area contributed by atoms with Gasteiger partial charge in [-0.1, -0.05) is 6.07 Å². The van der Waals surface area contributed by atoms with Gasteiger partial charge in [-0.25, -0.2) is 4.79 Å². The standard InChI is InChI=1S/C28H32N2O5/c1-29(2)21-11-13-23-18(14-21)8-6-7-9-19-15-24(28(32)35-5)27(31)30(26(19)23)17-20-10-12-22(33-3)16-25(20)34-4/h10-16H,6-9,17H2,1-5H3. The Balaban J connectivity index is 1.99. The maximum absolute atomic E-state index is 13.7. The van der Waals surface area contributed by atoms with Crippen LogP contribution in [0.2, 0.25) is 0 Å². The Hall–Kier alpha value is -3.74. The summed E-state index contributed by atoms with van der Waals surface area (Å²) in [6.45, 7) is 0.244. The lowest BCUT2D eigenvalue weighted by atomic mass is 9.89. The zero-order chi connectivity index (χ0) is 25.1. The molecule has 0 saturated heterocycles. The highest BCUT2D eigenvalue weighted by atomic mass is 16.5. The average Bonchev–Trinajstić information content (AvgIpc) is 2.86. The van der Waals surface area contributed by atoms with Gasteiger partial charge in [-0.05, 0) is 67.1 Å². The van der Waals surface area contributed by atoms with Gasteiger partial charge in [-0.15, -0.1) is 0 Å². The molecule has 1 aliphatic carbocycles. The molecule has 0 spiro atoms. The molecule has 3 aromatic rings. The number of carbonyl (C=O) groups is 1. The normalized spacial score (nSPS) is 12.6. The SMILES string of the molecule is COC(=O)c1cc2c(n(Cc3ccc(OC)cc3OC)c1=O)-c1ccc(N(C)C)cc1CCCC2. The van der Waals surface area contributed by atoms with Gasteiger partial charge in [0.25, 0.3) is 5.56 Å². The predicted molar refractivity (Wildman–Crippen MR) is 137 cm³/mol. The highest BCUT2D eigenvalue weighted by Gasteiger charge is 2.24. The lowest BCUT2D eigenvalue weighted by molar-refractivity contribution is 0.0598. The number of benzene rings is 2. The molecule has 184 valence electrons. The number of fused-ring (bicyclic) bond motifs is 3. The zero-order valence-corrected chi connectivity index (χ0v) is 21.0. The molecule has 4 rings (SSSR count). The van der Waals surface area contributed by atoms with E-state index < -0.39 is 5.97 Å². The van der Waals surface area contributed by atoms with Crippen LogP contribution in [0.25, 0.3) is 11.3 Å². The van der Waals surface area contributed by atoms with E-state index >= 15 is 0 Å². The zero-order valence-electron chi connectivity index (χ0n) is 21.0. The fourth-order valence-electron chi connectivity index (χ4n) is 4.72. The first-order valence-electron chi connectivity index (χ1n) is 11.7. The van der Waals surface area contributed by atoms with Gasteiger partial charge >= 0.3 is 5.97 Å². The van der Waals surface area contributed by atoms with E-state index in [4.69, 9.17) is 14.2 Å². The Bertz CT molecular complexity index is 1310. The van der Waals surface area contributed by atoms with Crippen molar-refractivity contribution in [3.8, 4) is 22.8 Å². The monoisotopic (exact) mass is 476 g/mol. The van der Waals surface area contributed by atoms with Crippen LogP contribution in [0.4, 0.5) is 5.69 Å². The first kappa shape index (κ1) is 24.4. The number of anilines is 1. The van der Waals surface area contributed by atoms with Gasteiger partial charge in [-0.2, -0.15) is 0 Å². The van der Waals surface area contributed by atoms with E-state index in [9.17, 15) is 9.59 Å². The third kappa shape index (κ3) is 4.76. The van der Waals surface area contributed by atoms with E-state index in [1.807, 2.05) is 26.2 Å². The molecular weight excluding hydrogens is 444 g/mol. The number of ether oxygens (including phenoxy) is 3. The molecule has 35 heavy (non-hydrogen) atoms. The van der Waals surface area contributed by atoms with Crippen molar-refractivity contribution in [1.82, 2.24) is 4.57 Å². The Kier molecular flexibility index (Phi) is 7.15. The topological polar surface area (TPSA) is 70.0 Å². The van der Waals surface area contributed by atoms with Crippen LogP contribution >= 0.6 is 0 Å². The number of hydrogen-bond donors (Lipinski definition) is 0. The van der Waals surface area contributed by atoms with Crippen molar-refractivity contribution in [1.29, 1.82) is 0 Å². The molecule has 7 nitrogen and oxygen atoms in total. The number of rotatable bonds is 6. The second kappa shape index (κ2) is 10.3. The molecule has 0 aliphatic heterocycles. The molecule has 0 radical (unpaired) electrons. The summed E-state index contributed by atoms with van der Waals surface area (Å²) in [5.41, 5.74) is 5.62. The van der Waals surface area contributed by atoms with Gasteiger partial charge in [0.05, 0.1) is 33.6 Å². The Morgan fingerprint density at radius 2 is 1.69 bits per heavy atom. The summed E-state index contributed by atoms with van der Waals surface area (Å²) in [5, 5.41) is 0. The van der Waals surface area contributed by atoms with Crippen molar-refractivity contribution < 1.29 is 19.0 Å². The fourth-order valence-corrected chi connectivity index (χ4v) is 4.72. The van der Waals surface area contributed by atoms with Crippen LogP contribution in [-0.2, 0) is 24.1 Å². The number of nitrogens with zero attached hydrogens (tertiary/aromatic N) is 2. The molecular formula is C28H32N2O5. The number of pyridine rings is 1. The van der Waals surface area contributed by atoms with Crippen LogP contribution in [0.5, 0.6) is 11.5 Å². The molecule has 0 bridgehead atoms. The summed E-state index contributed by atoms with van der Waals surface area (Å²) in [5.74, 6) is 0.652. The molecule has 1 aromatic heterocycles. The smallest absolute Gasteiger partial charge is 0.343 e. The molecule has 0 fully saturated rings. The van der Waals surface area contributed by atoms with E-state index in [2.05, 4.69) is 23.1 Å². The molecule has 1 aliphatic rings. The van der Waals surface area contributed by atoms with Crippen LogP contribution in [-0.4, -0.2) is 46.0 Å². The van der Waals surface area contributed by atoms with Crippen LogP contribution < -0.4 is 19.9 Å². The number of aromatic nitrogens is 1. The highest BCUT2D eigenvalue weighted by Crippen LogP contribution is 2.35. The molecule has 0 unspecified atom stereocenters. The molecule has 0 amide bonds. The highest BCUT2D eigenvalue weighted by molar-refractivity contribution is 5.90. The summed E-state index contributed by atoms with van der Waals surface area (Å²) < 4.78 is 17.6. The van der Waals surface area contributed by atoms with Crippen molar-refractivity contribution in [3.05, 3.63) is 75.1 Å². The van der Waals surface area contributed by atoms with Crippen molar-refractivity contribution in [2.75, 3.05) is 40.3 Å². The van der Waals surface area contributed by atoms with Crippen LogP contribution in [0, 0.1) is 0 Å². The van der Waals surface area contributed by atoms with E-state index in [0.29, 0.717) is 11.5 Å². The second-order valence-electron chi connectivity index (χ2n) is 8.94. The summed E-state index contributed by atoms with van der Waals surface area (Å²) in [4.78, 5) is 28.4. The summed E-state index contributed by atoms with van der Waals surface area (Å²) in [7, 11) is 8.53. The minimum Gasteiger partial charge on any atom is -0.497 e.